The standard InChI is InChI=1S/C20H16N2O4/c23-16-11-18(26-17-9-5-4-8-15(16)17)20(25)21-13-10-19(24)22(12-13)14-6-2-1-3-7-14/h1-9,11,13H,10,12H2,(H,21,25)/t13-/m1/s1. The highest BCUT2D eigenvalue weighted by Crippen LogP contribution is 2.21. The zero-order valence-corrected chi connectivity index (χ0v) is 13.8. The molecule has 0 radical (unpaired) electrons. The molecule has 1 aliphatic heterocycles. The first-order chi connectivity index (χ1) is 12.6. The lowest BCUT2D eigenvalue weighted by molar-refractivity contribution is -0.117. The Labute approximate surface area is 149 Å². The van der Waals surface area contributed by atoms with Gasteiger partial charge in [0.2, 0.25) is 5.91 Å². The van der Waals surface area contributed by atoms with Gasteiger partial charge in [0.15, 0.2) is 11.2 Å². The van der Waals surface area contributed by atoms with Crippen molar-refractivity contribution in [3.8, 4) is 0 Å². The second-order valence-electron chi connectivity index (χ2n) is 6.19. The van der Waals surface area contributed by atoms with Gasteiger partial charge in [0.05, 0.1) is 11.4 Å². The SMILES string of the molecule is O=C(N[C@@H]1CC(=O)N(c2ccccc2)C1)c1cc(=O)c2ccccc2o1. The monoisotopic (exact) mass is 348 g/mol. The Bertz CT molecular complexity index is 1040. The van der Waals surface area contributed by atoms with Crippen LogP contribution < -0.4 is 15.6 Å². The number of nitrogens with zero attached hydrogens (tertiary/aromatic N) is 1. The van der Waals surface area contributed by atoms with Gasteiger partial charge in [-0.3, -0.25) is 14.4 Å². The van der Waals surface area contributed by atoms with Crippen LogP contribution in [0.4, 0.5) is 5.69 Å². The number of para-hydroxylation sites is 2. The number of hydrogen-bond acceptors (Lipinski definition) is 4. The molecular weight excluding hydrogens is 332 g/mol. The number of anilines is 1. The molecule has 3 aromatic rings. The van der Waals surface area contributed by atoms with Gasteiger partial charge < -0.3 is 14.6 Å². The van der Waals surface area contributed by atoms with Gasteiger partial charge in [-0.1, -0.05) is 30.3 Å². The van der Waals surface area contributed by atoms with E-state index in [-0.39, 0.29) is 29.6 Å². The minimum Gasteiger partial charge on any atom is -0.451 e. The lowest BCUT2D eigenvalue weighted by atomic mass is 10.2. The first kappa shape index (κ1) is 16.1. The lowest BCUT2D eigenvalue weighted by Gasteiger charge is -2.17. The van der Waals surface area contributed by atoms with Crippen molar-refractivity contribution >= 4 is 28.5 Å². The fourth-order valence-electron chi connectivity index (χ4n) is 3.13. The van der Waals surface area contributed by atoms with Crippen LogP contribution in [0, 0.1) is 0 Å². The Morgan fingerprint density at radius 3 is 2.58 bits per heavy atom. The van der Waals surface area contributed by atoms with Crippen molar-refractivity contribution < 1.29 is 14.0 Å². The molecule has 6 heteroatoms. The molecule has 0 saturated carbocycles. The van der Waals surface area contributed by atoms with E-state index in [1.807, 2.05) is 30.3 Å². The summed E-state index contributed by atoms with van der Waals surface area (Å²) in [6.07, 6.45) is 0.207. The Kier molecular flexibility index (Phi) is 4.01. The second-order valence-corrected chi connectivity index (χ2v) is 6.19. The molecule has 1 aromatic heterocycles. The molecule has 130 valence electrons. The number of carbonyl (C=O) groups is 2. The quantitative estimate of drug-likeness (QED) is 0.788. The average molecular weight is 348 g/mol. The zero-order valence-electron chi connectivity index (χ0n) is 13.8. The van der Waals surface area contributed by atoms with Crippen LogP contribution in [0.5, 0.6) is 0 Å². The van der Waals surface area contributed by atoms with E-state index in [1.54, 1.807) is 29.2 Å². The van der Waals surface area contributed by atoms with E-state index in [0.717, 1.165) is 5.69 Å². The fraction of sp³-hybridized carbons (Fsp3) is 0.150. The van der Waals surface area contributed by atoms with Gasteiger partial charge in [-0.25, -0.2) is 0 Å². The van der Waals surface area contributed by atoms with E-state index in [0.29, 0.717) is 17.5 Å². The van der Waals surface area contributed by atoms with Gasteiger partial charge in [-0.05, 0) is 24.3 Å². The normalized spacial score (nSPS) is 16.8. The average Bonchev–Trinajstić information content (AvgIpc) is 3.02. The Balaban J connectivity index is 1.52. The first-order valence-corrected chi connectivity index (χ1v) is 8.31. The molecule has 1 saturated heterocycles. The van der Waals surface area contributed by atoms with Crippen molar-refractivity contribution in [2.75, 3.05) is 11.4 Å². The molecule has 0 aliphatic carbocycles. The molecule has 0 spiro atoms. The molecule has 2 heterocycles. The van der Waals surface area contributed by atoms with E-state index in [4.69, 9.17) is 4.42 Å². The number of rotatable bonds is 3. The Morgan fingerprint density at radius 1 is 1.04 bits per heavy atom. The summed E-state index contributed by atoms with van der Waals surface area (Å²) in [7, 11) is 0. The van der Waals surface area contributed by atoms with Gasteiger partial charge in [-0.2, -0.15) is 0 Å². The van der Waals surface area contributed by atoms with Crippen LogP contribution in [-0.4, -0.2) is 24.4 Å². The molecular formula is C20H16N2O4. The number of nitrogens with one attached hydrogen (secondary N) is 1. The van der Waals surface area contributed by atoms with E-state index in [2.05, 4.69) is 5.32 Å². The van der Waals surface area contributed by atoms with Crippen LogP contribution in [0.15, 0.2) is 69.9 Å². The largest absolute Gasteiger partial charge is 0.451 e. The summed E-state index contributed by atoms with van der Waals surface area (Å²) in [5.74, 6) is -0.610. The number of benzene rings is 2. The van der Waals surface area contributed by atoms with Gasteiger partial charge in [0.25, 0.3) is 5.91 Å². The minimum atomic E-state index is -0.499. The first-order valence-electron chi connectivity index (χ1n) is 8.31. The lowest BCUT2D eigenvalue weighted by Crippen LogP contribution is -2.37. The molecule has 2 amide bonds. The van der Waals surface area contributed by atoms with Gasteiger partial charge >= 0.3 is 0 Å². The van der Waals surface area contributed by atoms with E-state index in [9.17, 15) is 14.4 Å². The predicted molar refractivity (Wildman–Crippen MR) is 97.2 cm³/mol. The summed E-state index contributed by atoms with van der Waals surface area (Å²) in [5.41, 5.74) is 0.885. The van der Waals surface area contributed by atoms with Crippen molar-refractivity contribution in [3.63, 3.8) is 0 Å². The Morgan fingerprint density at radius 2 is 1.77 bits per heavy atom. The molecule has 0 unspecified atom stereocenters. The van der Waals surface area contributed by atoms with Crippen molar-refractivity contribution in [2.24, 2.45) is 0 Å². The molecule has 6 nitrogen and oxygen atoms in total. The maximum Gasteiger partial charge on any atom is 0.287 e. The summed E-state index contributed by atoms with van der Waals surface area (Å²) in [6.45, 7) is 0.381. The number of carbonyl (C=O) groups excluding carboxylic acids is 2. The van der Waals surface area contributed by atoms with Crippen LogP contribution in [0.3, 0.4) is 0 Å². The third-order valence-corrected chi connectivity index (χ3v) is 4.39. The van der Waals surface area contributed by atoms with E-state index < -0.39 is 5.91 Å². The molecule has 4 rings (SSSR count). The van der Waals surface area contributed by atoms with Gasteiger partial charge in [0, 0.05) is 24.7 Å². The molecule has 0 bridgehead atoms. The number of hydrogen-bond donors (Lipinski definition) is 1. The molecule has 1 fully saturated rings. The van der Waals surface area contributed by atoms with Crippen molar-refractivity contribution in [3.05, 3.63) is 76.6 Å². The summed E-state index contributed by atoms with van der Waals surface area (Å²) in [5, 5.41) is 3.21. The van der Waals surface area contributed by atoms with E-state index >= 15 is 0 Å². The van der Waals surface area contributed by atoms with Crippen molar-refractivity contribution in [2.45, 2.75) is 12.5 Å². The highest BCUT2D eigenvalue weighted by atomic mass is 16.3. The summed E-state index contributed by atoms with van der Waals surface area (Å²) < 4.78 is 5.54. The third kappa shape index (κ3) is 2.97. The van der Waals surface area contributed by atoms with E-state index in [1.165, 1.54) is 6.07 Å². The van der Waals surface area contributed by atoms with Gasteiger partial charge in [0.1, 0.15) is 5.58 Å². The van der Waals surface area contributed by atoms with Crippen LogP contribution in [0.25, 0.3) is 11.0 Å². The predicted octanol–water partition coefficient (Wildman–Crippen LogP) is 2.33. The van der Waals surface area contributed by atoms with Crippen LogP contribution >= 0.6 is 0 Å². The summed E-state index contributed by atoms with van der Waals surface area (Å²) >= 11 is 0. The van der Waals surface area contributed by atoms with Crippen LogP contribution in [-0.2, 0) is 4.79 Å². The molecule has 26 heavy (non-hydrogen) atoms. The van der Waals surface area contributed by atoms with Gasteiger partial charge in [-0.15, -0.1) is 0 Å². The van der Waals surface area contributed by atoms with Crippen molar-refractivity contribution in [1.29, 1.82) is 0 Å². The highest BCUT2D eigenvalue weighted by molar-refractivity contribution is 5.98. The molecule has 1 N–H and O–H groups in total. The van der Waals surface area contributed by atoms with Crippen LogP contribution in [0.2, 0.25) is 0 Å². The summed E-state index contributed by atoms with van der Waals surface area (Å²) in [6, 6.07) is 16.9. The van der Waals surface area contributed by atoms with Crippen molar-refractivity contribution in [1.82, 2.24) is 5.32 Å². The Hall–Kier alpha value is -3.41. The molecule has 1 atom stereocenters. The smallest absolute Gasteiger partial charge is 0.287 e. The zero-order chi connectivity index (χ0) is 18.1. The maximum absolute atomic E-state index is 12.5. The minimum absolute atomic E-state index is 0.0542. The number of amides is 2. The maximum atomic E-state index is 12.5. The molecule has 2 aromatic carbocycles. The third-order valence-electron chi connectivity index (χ3n) is 4.39. The number of fused-ring (bicyclic) bond motifs is 1. The molecule has 1 aliphatic rings. The summed E-state index contributed by atoms with van der Waals surface area (Å²) in [4.78, 5) is 38.5. The second kappa shape index (κ2) is 6.48. The topological polar surface area (TPSA) is 79.6 Å². The highest BCUT2D eigenvalue weighted by Gasteiger charge is 2.32. The fourth-order valence-corrected chi connectivity index (χ4v) is 3.13. The van der Waals surface area contributed by atoms with Crippen LogP contribution in [0.1, 0.15) is 17.0 Å².